The van der Waals surface area contributed by atoms with Gasteiger partial charge in [0.15, 0.2) is 0 Å². The molecule has 1 amide bonds. The Morgan fingerprint density at radius 2 is 2.00 bits per heavy atom. The van der Waals surface area contributed by atoms with Crippen molar-refractivity contribution in [2.24, 2.45) is 5.92 Å². The Bertz CT molecular complexity index is 259. The maximum Gasteiger partial charge on any atom is 0.324 e. The third-order valence-corrected chi connectivity index (χ3v) is 3.46. The number of aliphatic carboxylic acids is 1. The molecule has 1 saturated carbocycles. The van der Waals surface area contributed by atoms with Gasteiger partial charge in [0.25, 0.3) is 0 Å². The first-order chi connectivity index (χ1) is 6.94. The van der Waals surface area contributed by atoms with Crippen LogP contribution >= 0.6 is 11.6 Å². The topological polar surface area (TPSA) is 66.4 Å². The van der Waals surface area contributed by atoms with Crippen LogP contribution in [0, 0.1) is 5.92 Å². The first-order valence-electron chi connectivity index (χ1n) is 5.11. The van der Waals surface area contributed by atoms with E-state index < -0.39 is 10.8 Å². The van der Waals surface area contributed by atoms with Gasteiger partial charge in [0.1, 0.15) is 4.87 Å². The molecule has 0 atom stereocenters. The molecule has 1 fully saturated rings. The summed E-state index contributed by atoms with van der Waals surface area (Å²) in [5, 5.41) is 11.6. The number of carbonyl (C=O) groups excluding carboxylic acids is 1. The molecule has 0 aromatic heterocycles. The normalized spacial score (nSPS) is 30.9. The van der Waals surface area contributed by atoms with Crippen LogP contribution in [0.4, 0.5) is 0 Å². The number of carboxylic acid groups (broad SMARTS) is 1. The fourth-order valence-corrected chi connectivity index (χ4v) is 2.06. The zero-order valence-electron chi connectivity index (χ0n) is 8.75. The van der Waals surface area contributed by atoms with Crippen molar-refractivity contribution < 1.29 is 14.7 Å². The summed E-state index contributed by atoms with van der Waals surface area (Å²) >= 11 is 5.95. The van der Waals surface area contributed by atoms with Gasteiger partial charge in [0.2, 0.25) is 5.91 Å². The lowest BCUT2D eigenvalue weighted by atomic mass is 9.81. The van der Waals surface area contributed by atoms with Crippen molar-refractivity contribution in [3.63, 3.8) is 0 Å². The Morgan fingerprint density at radius 1 is 1.47 bits per heavy atom. The average molecular weight is 234 g/mol. The fraction of sp³-hybridized carbons (Fsp3) is 0.800. The van der Waals surface area contributed by atoms with E-state index in [1.165, 1.54) is 6.92 Å². The second-order valence-corrected chi connectivity index (χ2v) is 4.87. The molecule has 0 spiro atoms. The summed E-state index contributed by atoms with van der Waals surface area (Å²) in [4.78, 5) is 20.5. The predicted octanol–water partition coefficient (Wildman–Crippen LogP) is 1.37. The predicted molar refractivity (Wildman–Crippen MR) is 56.9 cm³/mol. The van der Waals surface area contributed by atoms with Crippen LogP contribution in [0.15, 0.2) is 0 Å². The van der Waals surface area contributed by atoms with Crippen LogP contribution in [0.2, 0.25) is 0 Å². The zero-order chi connectivity index (χ0) is 11.5. The summed E-state index contributed by atoms with van der Waals surface area (Å²) in [7, 11) is 0. The van der Waals surface area contributed by atoms with Crippen LogP contribution in [0.3, 0.4) is 0 Å². The molecule has 1 aliphatic rings. The number of carbonyl (C=O) groups is 2. The summed E-state index contributed by atoms with van der Waals surface area (Å²) in [6.07, 6.45) is 2.48. The molecule has 5 heteroatoms. The Hall–Kier alpha value is -0.770. The summed E-state index contributed by atoms with van der Waals surface area (Å²) in [5.41, 5.74) is 0. The zero-order valence-corrected chi connectivity index (χ0v) is 9.51. The largest absolute Gasteiger partial charge is 0.480 e. The Morgan fingerprint density at radius 3 is 2.40 bits per heavy atom. The van der Waals surface area contributed by atoms with Crippen molar-refractivity contribution in [3.8, 4) is 0 Å². The lowest BCUT2D eigenvalue weighted by molar-refractivity contribution is -0.141. The van der Waals surface area contributed by atoms with E-state index >= 15 is 0 Å². The molecular formula is C10H16ClNO3. The van der Waals surface area contributed by atoms with E-state index in [-0.39, 0.29) is 5.91 Å². The highest BCUT2D eigenvalue weighted by Gasteiger charge is 2.39. The number of carboxylic acids is 1. The van der Waals surface area contributed by atoms with Crippen molar-refractivity contribution in [2.45, 2.75) is 37.5 Å². The van der Waals surface area contributed by atoms with E-state index in [9.17, 15) is 9.59 Å². The second-order valence-electron chi connectivity index (χ2n) is 4.15. The number of alkyl halides is 1. The van der Waals surface area contributed by atoms with Gasteiger partial charge in [0.05, 0.1) is 0 Å². The lowest BCUT2D eigenvalue weighted by Crippen LogP contribution is -2.39. The summed E-state index contributed by atoms with van der Waals surface area (Å²) in [6.45, 7) is 2.11. The molecule has 0 bridgehead atoms. The Balaban J connectivity index is 2.35. The first-order valence-corrected chi connectivity index (χ1v) is 5.48. The molecule has 0 aromatic carbocycles. The van der Waals surface area contributed by atoms with E-state index in [4.69, 9.17) is 16.7 Å². The van der Waals surface area contributed by atoms with E-state index in [1.807, 2.05) is 0 Å². The van der Waals surface area contributed by atoms with Crippen LogP contribution in [-0.4, -0.2) is 28.4 Å². The minimum atomic E-state index is -1.08. The van der Waals surface area contributed by atoms with Gasteiger partial charge >= 0.3 is 5.97 Å². The number of hydrogen-bond donors (Lipinski definition) is 2. The average Bonchev–Trinajstić information content (AvgIpc) is 2.16. The van der Waals surface area contributed by atoms with Crippen LogP contribution in [0.25, 0.3) is 0 Å². The maximum atomic E-state index is 10.8. The van der Waals surface area contributed by atoms with E-state index in [1.54, 1.807) is 0 Å². The highest BCUT2D eigenvalue weighted by atomic mass is 35.5. The maximum absolute atomic E-state index is 10.8. The van der Waals surface area contributed by atoms with Gasteiger partial charge in [-0.15, -0.1) is 11.6 Å². The molecule has 1 rings (SSSR count). The standard InChI is InChI=1S/C10H16ClNO3/c1-7(13)12-6-8-2-4-10(11,5-3-8)9(14)15/h8H,2-6H2,1H3,(H,12,13)(H,14,15). The van der Waals surface area contributed by atoms with Crippen molar-refractivity contribution in [1.29, 1.82) is 0 Å². The minimum absolute atomic E-state index is 0.0454. The van der Waals surface area contributed by atoms with E-state index in [0.717, 1.165) is 12.8 Å². The van der Waals surface area contributed by atoms with E-state index in [2.05, 4.69) is 5.32 Å². The molecule has 0 aliphatic heterocycles. The first kappa shape index (κ1) is 12.3. The van der Waals surface area contributed by atoms with E-state index in [0.29, 0.717) is 25.3 Å². The number of halogens is 1. The number of rotatable bonds is 3. The number of amides is 1. The lowest BCUT2D eigenvalue weighted by Gasteiger charge is -2.31. The minimum Gasteiger partial charge on any atom is -0.480 e. The number of nitrogens with one attached hydrogen (secondary N) is 1. The third kappa shape index (κ3) is 3.38. The summed E-state index contributed by atoms with van der Waals surface area (Å²) in [5.74, 6) is -0.613. The van der Waals surface area contributed by atoms with Crippen molar-refractivity contribution in [1.82, 2.24) is 5.32 Å². The van der Waals surface area contributed by atoms with Gasteiger partial charge in [-0.05, 0) is 31.6 Å². The van der Waals surface area contributed by atoms with Crippen molar-refractivity contribution in [2.75, 3.05) is 6.54 Å². The molecule has 1 aliphatic carbocycles. The smallest absolute Gasteiger partial charge is 0.324 e. The molecule has 4 nitrogen and oxygen atoms in total. The Kier molecular flexibility index (Phi) is 3.97. The van der Waals surface area contributed by atoms with Crippen LogP contribution in [0.1, 0.15) is 32.6 Å². The summed E-state index contributed by atoms with van der Waals surface area (Å²) in [6, 6.07) is 0. The molecule has 2 N–H and O–H groups in total. The molecule has 0 saturated heterocycles. The fourth-order valence-electron chi connectivity index (χ4n) is 1.84. The van der Waals surface area contributed by atoms with Gasteiger partial charge < -0.3 is 10.4 Å². The monoisotopic (exact) mass is 233 g/mol. The molecule has 0 aromatic rings. The molecule has 15 heavy (non-hydrogen) atoms. The molecule has 0 unspecified atom stereocenters. The quantitative estimate of drug-likeness (QED) is 0.724. The van der Waals surface area contributed by atoms with Crippen LogP contribution < -0.4 is 5.32 Å². The molecular weight excluding hydrogens is 218 g/mol. The van der Waals surface area contributed by atoms with Crippen molar-refractivity contribution in [3.05, 3.63) is 0 Å². The van der Waals surface area contributed by atoms with Gasteiger partial charge in [-0.25, -0.2) is 0 Å². The van der Waals surface area contributed by atoms with Crippen LogP contribution in [0.5, 0.6) is 0 Å². The highest BCUT2D eigenvalue weighted by molar-refractivity contribution is 6.33. The third-order valence-electron chi connectivity index (χ3n) is 2.92. The highest BCUT2D eigenvalue weighted by Crippen LogP contribution is 2.36. The van der Waals surface area contributed by atoms with Gasteiger partial charge in [0, 0.05) is 13.5 Å². The molecule has 86 valence electrons. The second kappa shape index (κ2) is 4.84. The van der Waals surface area contributed by atoms with Gasteiger partial charge in [-0.1, -0.05) is 0 Å². The molecule has 0 radical (unpaired) electrons. The van der Waals surface area contributed by atoms with Crippen molar-refractivity contribution >= 4 is 23.5 Å². The van der Waals surface area contributed by atoms with Gasteiger partial charge in [-0.2, -0.15) is 0 Å². The number of hydrogen-bond acceptors (Lipinski definition) is 2. The molecule has 0 heterocycles. The van der Waals surface area contributed by atoms with Gasteiger partial charge in [-0.3, -0.25) is 9.59 Å². The summed E-state index contributed by atoms with van der Waals surface area (Å²) < 4.78 is 0. The Labute approximate surface area is 94.0 Å². The SMILES string of the molecule is CC(=O)NCC1CCC(Cl)(C(=O)O)CC1. The van der Waals surface area contributed by atoms with Crippen LogP contribution in [-0.2, 0) is 9.59 Å².